The lowest BCUT2D eigenvalue weighted by Gasteiger charge is -2.17. The fourth-order valence-corrected chi connectivity index (χ4v) is 1.49. The molecular weight excluding hydrogens is 240 g/mol. The summed E-state index contributed by atoms with van der Waals surface area (Å²) in [5.74, 6) is 0.695. The van der Waals surface area contributed by atoms with E-state index in [1.165, 1.54) is 0 Å². The van der Waals surface area contributed by atoms with E-state index in [0.29, 0.717) is 5.69 Å². The first kappa shape index (κ1) is 15.5. The molecule has 4 heteroatoms. The van der Waals surface area contributed by atoms with Crippen molar-refractivity contribution in [2.75, 3.05) is 5.32 Å². The van der Waals surface area contributed by atoms with Crippen LogP contribution in [0, 0.1) is 5.92 Å². The lowest BCUT2D eigenvalue weighted by atomic mass is 10.0. The van der Waals surface area contributed by atoms with Crippen LogP contribution < -0.4 is 15.8 Å². The van der Waals surface area contributed by atoms with Gasteiger partial charge in [0, 0.05) is 11.8 Å². The summed E-state index contributed by atoms with van der Waals surface area (Å²) in [6.07, 6.45) is 1.10. The van der Waals surface area contributed by atoms with Gasteiger partial charge < -0.3 is 15.8 Å². The molecule has 0 heterocycles. The van der Waals surface area contributed by atoms with Gasteiger partial charge in [-0.25, -0.2) is 0 Å². The zero-order valence-electron chi connectivity index (χ0n) is 12.1. The smallest absolute Gasteiger partial charge is 0.241 e. The van der Waals surface area contributed by atoms with E-state index in [1.807, 2.05) is 45.0 Å². The fraction of sp³-hybridized carbons (Fsp3) is 0.533. The Morgan fingerprint density at radius 3 is 2.63 bits per heavy atom. The molecule has 1 amide bonds. The summed E-state index contributed by atoms with van der Waals surface area (Å²) >= 11 is 0. The number of hydrogen-bond acceptors (Lipinski definition) is 3. The predicted molar refractivity (Wildman–Crippen MR) is 78.3 cm³/mol. The van der Waals surface area contributed by atoms with Gasteiger partial charge in [0.1, 0.15) is 5.75 Å². The van der Waals surface area contributed by atoms with Crippen LogP contribution in [0.4, 0.5) is 5.69 Å². The van der Waals surface area contributed by atoms with E-state index in [2.05, 4.69) is 12.2 Å². The van der Waals surface area contributed by atoms with E-state index in [4.69, 9.17) is 10.5 Å². The third kappa shape index (κ3) is 4.91. The Bertz CT molecular complexity index is 418. The molecule has 106 valence electrons. The Balaban J connectivity index is 2.69. The molecule has 3 N–H and O–H groups in total. The normalized spacial score (nSPS) is 14.0. The SMILES string of the molecule is CCC(C)Oc1cccc(NC(=O)[C@@H](N)C(C)C)c1. The number of nitrogens with two attached hydrogens (primary N) is 1. The Morgan fingerprint density at radius 2 is 2.05 bits per heavy atom. The number of carbonyl (C=O) groups excluding carboxylic acids is 1. The molecule has 4 nitrogen and oxygen atoms in total. The van der Waals surface area contributed by atoms with Crippen molar-refractivity contribution >= 4 is 11.6 Å². The topological polar surface area (TPSA) is 64.3 Å². The van der Waals surface area contributed by atoms with Crippen LogP contribution in [0.1, 0.15) is 34.1 Å². The lowest BCUT2D eigenvalue weighted by Crippen LogP contribution is -2.39. The lowest BCUT2D eigenvalue weighted by molar-refractivity contribution is -0.118. The van der Waals surface area contributed by atoms with E-state index >= 15 is 0 Å². The number of anilines is 1. The summed E-state index contributed by atoms with van der Waals surface area (Å²) < 4.78 is 5.71. The van der Waals surface area contributed by atoms with Gasteiger partial charge in [0.05, 0.1) is 12.1 Å². The molecule has 2 atom stereocenters. The molecule has 0 saturated carbocycles. The molecule has 0 aromatic heterocycles. The largest absolute Gasteiger partial charge is 0.491 e. The van der Waals surface area contributed by atoms with Crippen molar-refractivity contribution in [2.45, 2.75) is 46.3 Å². The quantitative estimate of drug-likeness (QED) is 0.830. The molecule has 1 rings (SSSR count). The third-order valence-corrected chi connectivity index (χ3v) is 3.03. The third-order valence-electron chi connectivity index (χ3n) is 3.03. The zero-order chi connectivity index (χ0) is 14.4. The molecule has 0 aliphatic carbocycles. The van der Waals surface area contributed by atoms with Gasteiger partial charge in [0.25, 0.3) is 0 Å². The minimum atomic E-state index is -0.501. The number of ether oxygens (including phenoxy) is 1. The molecule has 0 aliphatic heterocycles. The van der Waals surface area contributed by atoms with E-state index in [1.54, 1.807) is 0 Å². The number of benzene rings is 1. The zero-order valence-corrected chi connectivity index (χ0v) is 12.1. The molecule has 1 aromatic rings. The van der Waals surface area contributed by atoms with Crippen LogP contribution in [0.3, 0.4) is 0 Å². The van der Waals surface area contributed by atoms with Crippen molar-refractivity contribution < 1.29 is 9.53 Å². The number of amides is 1. The second-order valence-electron chi connectivity index (χ2n) is 5.12. The van der Waals surface area contributed by atoms with Gasteiger partial charge >= 0.3 is 0 Å². The summed E-state index contributed by atoms with van der Waals surface area (Å²) in [5, 5.41) is 2.81. The molecule has 0 aliphatic rings. The summed E-state index contributed by atoms with van der Waals surface area (Å²) in [7, 11) is 0. The van der Waals surface area contributed by atoms with E-state index in [0.717, 1.165) is 12.2 Å². The van der Waals surface area contributed by atoms with E-state index < -0.39 is 6.04 Å². The molecule has 0 spiro atoms. The highest BCUT2D eigenvalue weighted by molar-refractivity contribution is 5.94. The van der Waals surface area contributed by atoms with Crippen LogP contribution in [-0.2, 0) is 4.79 Å². The summed E-state index contributed by atoms with van der Waals surface area (Å²) in [6.45, 7) is 7.93. The first-order chi connectivity index (χ1) is 8.93. The second-order valence-corrected chi connectivity index (χ2v) is 5.12. The average Bonchev–Trinajstić information content (AvgIpc) is 2.37. The molecule has 1 aromatic carbocycles. The van der Waals surface area contributed by atoms with Gasteiger partial charge in [-0.15, -0.1) is 0 Å². The Labute approximate surface area is 115 Å². The van der Waals surface area contributed by atoms with Crippen molar-refractivity contribution in [3.05, 3.63) is 24.3 Å². The molecule has 0 radical (unpaired) electrons. The van der Waals surface area contributed by atoms with Crippen molar-refractivity contribution in [3.8, 4) is 5.75 Å². The number of nitrogens with one attached hydrogen (secondary N) is 1. The first-order valence-corrected chi connectivity index (χ1v) is 6.77. The van der Waals surface area contributed by atoms with Crippen LogP contribution >= 0.6 is 0 Å². The molecule has 0 saturated heterocycles. The average molecular weight is 264 g/mol. The molecule has 1 unspecified atom stereocenters. The minimum Gasteiger partial charge on any atom is -0.491 e. The van der Waals surface area contributed by atoms with Crippen LogP contribution in [0.15, 0.2) is 24.3 Å². The summed E-state index contributed by atoms with van der Waals surface area (Å²) in [4.78, 5) is 11.9. The summed E-state index contributed by atoms with van der Waals surface area (Å²) in [6, 6.07) is 6.88. The first-order valence-electron chi connectivity index (χ1n) is 6.77. The minimum absolute atomic E-state index is 0.111. The summed E-state index contributed by atoms with van der Waals surface area (Å²) in [5.41, 5.74) is 6.51. The van der Waals surface area contributed by atoms with Crippen molar-refractivity contribution in [1.29, 1.82) is 0 Å². The van der Waals surface area contributed by atoms with Gasteiger partial charge in [-0.2, -0.15) is 0 Å². The van der Waals surface area contributed by atoms with E-state index in [-0.39, 0.29) is 17.9 Å². The highest BCUT2D eigenvalue weighted by Crippen LogP contribution is 2.19. The fourth-order valence-electron chi connectivity index (χ4n) is 1.49. The maximum atomic E-state index is 11.9. The van der Waals surface area contributed by atoms with Crippen molar-refractivity contribution in [1.82, 2.24) is 0 Å². The number of rotatable bonds is 6. The van der Waals surface area contributed by atoms with Gasteiger partial charge in [-0.05, 0) is 31.4 Å². The van der Waals surface area contributed by atoms with Crippen molar-refractivity contribution in [2.24, 2.45) is 11.7 Å². The predicted octanol–water partition coefficient (Wildman–Crippen LogP) is 2.79. The van der Waals surface area contributed by atoms with Gasteiger partial charge in [0.2, 0.25) is 5.91 Å². The Morgan fingerprint density at radius 1 is 1.37 bits per heavy atom. The van der Waals surface area contributed by atoms with Crippen LogP contribution in [0.2, 0.25) is 0 Å². The Hall–Kier alpha value is -1.55. The monoisotopic (exact) mass is 264 g/mol. The highest BCUT2D eigenvalue weighted by atomic mass is 16.5. The van der Waals surface area contributed by atoms with Crippen molar-refractivity contribution in [3.63, 3.8) is 0 Å². The molecular formula is C15H24N2O2. The maximum Gasteiger partial charge on any atom is 0.241 e. The van der Waals surface area contributed by atoms with Crippen LogP contribution in [-0.4, -0.2) is 18.1 Å². The van der Waals surface area contributed by atoms with Crippen LogP contribution in [0.25, 0.3) is 0 Å². The second kappa shape index (κ2) is 7.14. The van der Waals surface area contributed by atoms with E-state index in [9.17, 15) is 4.79 Å². The molecule has 19 heavy (non-hydrogen) atoms. The number of carbonyl (C=O) groups is 1. The highest BCUT2D eigenvalue weighted by Gasteiger charge is 2.17. The Kier molecular flexibility index (Phi) is 5.83. The van der Waals surface area contributed by atoms with Crippen LogP contribution in [0.5, 0.6) is 5.75 Å². The molecule has 0 fully saturated rings. The molecule has 0 bridgehead atoms. The number of hydrogen-bond donors (Lipinski definition) is 2. The maximum absolute atomic E-state index is 11.9. The van der Waals surface area contributed by atoms with Gasteiger partial charge in [-0.1, -0.05) is 26.8 Å². The standard InChI is InChI=1S/C15H24N2O2/c1-5-11(4)19-13-8-6-7-12(9-13)17-15(18)14(16)10(2)3/h6-11,14H,5,16H2,1-4H3,(H,17,18)/t11?,14-/m0/s1. The van der Waals surface area contributed by atoms with Gasteiger partial charge in [-0.3, -0.25) is 4.79 Å². The van der Waals surface area contributed by atoms with Gasteiger partial charge in [0.15, 0.2) is 0 Å².